The number of nitrogens with one attached hydrogen (secondary N) is 1. The SMILES string of the molecule is C/C=C/C(=O)OC.CC(=O)CCl.CCCCn1c(C)c(-c2ccc(C)cc2)c2c(N)ncnc21.Cc1ccc(-c2c(Br)n(CCCO[Si](C)(C)C(C)(C)C)c3ncnc(N)c23)cc1.Cc1ccc(C(=O)CBr)cc1.[C-]#[N+]c1c(-c2ccc(C)cc2)c[nH]c1N. The van der Waals surface area contributed by atoms with Crippen molar-refractivity contribution in [3.63, 3.8) is 0 Å². The Balaban J connectivity index is 0.000000249. The van der Waals surface area contributed by atoms with Gasteiger partial charge in [0.25, 0.3) is 0 Å². The van der Waals surface area contributed by atoms with Gasteiger partial charge in [-0.3, -0.25) is 9.59 Å². The largest absolute Gasteiger partial charge is 0.466 e. The van der Waals surface area contributed by atoms with Crippen LogP contribution in [0.15, 0.2) is 133 Å². The highest BCUT2D eigenvalue weighted by Crippen LogP contribution is 2.41. The van der Waals surface area contributed by atoms with Gasteiger partial charge in [0, 0.05) is 53.7 Å². The van der Waals surface area contributed by atoms with E-state index in [1.54, 1.807) is 25.5 Å². The van der Waals surface area contributed by atoms with Gasteiger partial charge in [-0.15, -0.1) is 11.6 Å². The van der Waals surface area contributed by atoms with Crippen LogP contribution < -0.4 is 17.2 Å². The number of anilines is 3. The minimum absolute atomic E-state index is 0.0201. The van der Waals surface area contributed by atoms with Crippen LogP contribution in [-0.4, -0.2) is 84.8 Å². The van der Waals surface area contributed by atoms with Crippen LogP contribution in [0.4, 0.5) is 23.1 Å². The lowest BCUT2D eigenvalue weighted by molar-refractivity contribution is -0.134. The number of allylic oxidation sites excluding steroid dienone is 1. The summed E-state index contributed by atoms with van der Waals surface area (Å²) in [4.78, 5) is 54.6. The summed E-state index contributed by atoms with van der Waals surface area (Å²) in [6.45, 7) is 36.7. The minimum atomic E-state index is -1.74. The number of carbonyl (C=O) groups is 3. The summed E-state index contributed by atoms with van der Waals surface area (Å²) in [5, 5.41) is 2.48. The molecule has 7 N–H and O–H groups in total. The molecule has 5 aromatic heterocycles. The molecule has 0 spiro atoms. The number of halogens is 3. The molecule has 0 saturated heterocycles. The summed E-state index contributed by atoms with van der Waals surface area (Å²) in [6.07, 6.45) is 11.0. The van der Waals surface area contributed by atoms with E-state index < -0.39 is 8.32 Å². The second kappa shape index (κ2) is 35.5. The maximum absolute atomic E-state index is 11.1. The first-order valence-electron chi connectivity index (χ1n) is 29.2. The van der Waals surface area contributed by atoms with Crippen molar-refractivity contribution in [2.45, 2.75) is 127 Å². The van der Waals surface area contributed by atoms with Gasteiger partial charge in [-0.1, -0.05) is 175 Å². The Morgan fingerprint density at radius 2 is 1.18 bits per heavy atom. The van der Waals surface area contributed by atoms with Crippen molar-refractivity contribution in [3.05, 3.63) is 178 Å². The molecule has 4 aromatic carbocycles. The molecule has 0 unspecified atom stereocenters. The van der Waals surface area contributed by atoms with Crippen molar-refractivity contribution < 1.29 is 23.5 Å². The lowest BCUT2D eigenvalue weighted by atomic mass is 10.0. The van der Waals surface area contributed by atoms with Crippen LogP contribution in [0.3, 0.4) is 0 Å². The Hall–Kier alpha value is -7.73. The van der Waals surface area contributed by atoms with Crippen LogP contribution in [0.5, 0.6) is 0 Å². The molecular weight excluding hydrogens is 1290 g/mol. The molecule has 5 heterocycles. The van der Waals surface area contributed by atoms with Crippen molar-refractivity contribution in [1.29, 1.82) is 0 Å². The van der Waals surface area contributed by atoms with Gasteiger partial charge in [0.2, 0.25) is 5.69 Å². The third kappa shape index (κ3) is 20.9. The second-order valence-corrected chi connectivity index (χ2v) is 29.0. The topological polar surface area (TPSA) is 229 Å². The van der Waals surface area contributed by atoms with Crippen molar-refractivity contribution in [1.82, 2.24) is 34.1 Å². The maximum atomic E-state index is 11.1. The van der Waals surface area contributed by atoms with Crippen molar-refractivity contribution >= 4 is 115 Å². The number of aryl methyl sites for hydroxylation is 6. The number of carbonyl (C=O) groups excluding carboxylic acids is 3. The fourth-order valence-corrected chi connectivity index (χ4v) is 10.8. The molecule has 0 saturated carbocycles. The zero-order valence-electron chi connectivity index (χ0n) is 53.8. The Morgan fingerprint density at radius 3 is 1.61 bits per heavy atom. The molecule has 0 bridgehead atoms. The van der Waals surface area contributed by atoms with Gasteiger partial charge in [-0.25, -0.2) is 29.6 Å². The predicted octanol–water partition coefficient (Wildman–Crippen LogP) is 17.5. The summed E-state index contributed by atoms with van der Waals surface area (Å²) in [7, 11) is -0.389. The van der Waals surface area contributed by atoms with E-state index in [1.807, 2.05) is 62.4 Å². The van der Waals surface area contributed by atoms with Gasteiger partial charge >= 0.3 is 5.97 Å². The molecule has 0 aliphatic heterocycles. The van der Waals surface area contributed by atoms with Crippen LogP contribution in [0.25, 0.3) is 60.3 Å². The number of esters is 1. The molecular formula is C69H86Br2ClN11O5Si. The highest BCUT2D eigenvalue weighted by atomic mass is 79.9. The first kappa shape index (κ1) is 73.7. The van der Waals surface area contributed by atoms with Gasteiger partial charge in [-0.2, -0.15) is 0 Å². The smallest absolute Gasteiger partial charge is 0.330 e. The Kier molecular flexibility index (Phi) is 29.4. The van der Waals surface area contributed by atoms with Gasteiger partial charge in [0.05, 0.1) is 40.3 Å². The number of unbranched alkanes of at least 4 members (excludes halogenated alkanes) is 1. The van der Waals surface area contributed by atoms with Gasteiger partial charge in [-0.05, 0) is 118 Å². The fourth-order valence-electron chi connectivity index (χ4n) is 8.62. The summed E-state index contributed by atoms with van der Waals surface area (Å²) in [5.41, 5.74) is 33.6. The van der Waals surface area contributed by atoms with E-state index in [9.17, 15) is 14.4 Å². The average Bonchev–Trinajstić information content (AvgIpc) is 1.69. The number of nitrogens with two attached hydrogens (primary N) is 3. The van der Waals surface area contributed by atoms with Crippen LogP contribution in [-0.2, 0) is 31.8 Å². The number of methoxy groups -OCH3 is 1. The van der Waals surface area contributed by atoms with Gasteiger partial charge < -0.3 is 40.5 Å². The van der Waals surface area contributed by atoms with Gasteiger partial charge in [0.1, 0.15) is 47.2 Å². The molecule has 89 heavy (non-hydrogen) atoms. The molecule has 0 fully saturated rings. The molecule has 20 heteroatoms. The Labute approximate surface area is 548 Å². The molecule has 0 aliphatic rings. The summed E-state index contributed by atoms with van der Waals surface area (Å²) >= 11 is 11.9. The number of hydrogen-bond acceptors (Lipinski definition) is 12. The number of aromatic amines is 1. The number of alkyl halides is 2. The molecule has 16 nitrogen and oxygen atoms in total. The first-order chi connectivity index (χ1) is 42.2. The number of fused-ring (bicyclic) bond motifs is 2. The molecule has 0 amide bonds. The number of hydrogen-bond donors (Lipinski definition) is 4. The number of ether oxygens (including phenoxy) is 1. The molecule has 9 rings (SSSR count). The van der Waals surface area contributed by atoms with E-state index in [1.165, 1.54) is 59.9 Å². The van der Waals surface area contributed by atoms with Crippen LogP contribution in [0.2, 0.25) is 18.1 Å². The first-order valence-corrected chi connectivity index (χ1v) is 34.5. The molecule has 0 aliphatic carbocycles. The monoisotopic (exact) mass is 1370 g/mol. The van der Waals surface area contributed by atoms with Crippen molar-refractivity contribution in [2.24, 2.45) is 0 Å². The number of aromatic nitrogens is 7. The van der Waals surface area contributed by atoms with E-state index >= 15 is 0 Å². The quantitative estimate of drug-likeness (QED) is 0.0143. The van der Waals surface area contributed by atoms with E-state index in [0.717, 1.165) is 99.0 Å². The normalized spacial score (nSPS) is 10.9. The maximum Gasteiger partial charge on any atom is 0.330 e. The predicted molar refractivity (Wildman–Crippen MR) is 379 cm³/mol. The summed E-state index contributed by atoms with van der Waals surface area (Å²) < 4.78 is 16.0. The molecule has 0 radical (unpaired) electrons. The lowest BCUT2D eigenvalue weighted by Crippen LogP contribution is -2.41. The summed E-state index contributed by atoms with van der Waals surface area (Å²) in [6, 6.07) is 32.6. The Bertz CT molecular complexity index is 3830. The average molecular weight is 1370 g/mol. The standard InChI is InChI=1S/C22H31BrN4OSi.C18H22N4.C12H11N3.C9H9BrO.C5H8O2.C3H5ClO/c1-15-8-10-16(11-9-15)17-18-20(24)25-14-26-21(18)27(19(17)23)12-7-13-28-29(5,6)22(2,3)4;1-4-5-10-22-13(3)15(14-8-6-12(2)7-9-14)16-17(19)20-11-21-18(16)22;1-8-3-5-9(6-4-8)10-7-15-12(13)11(10)14-2;1-7-2-4-8(5-3-7)9(11)6-10;1-3-4-5(6)7-2;1-3(5)2-4/h8-11,14H,7,12-13H2,1-6H3,(H2,24,25,26);6-9,11H,4-5,10H2,1-3H3,(H2,19,20,21);3-7,15H,13H2,1H3;2-5H,6H2,1H3;3-4H,1-2H3;2H2,1H3/b;;;;4-3+;. The number of Topliss-reactive ketones (excluding diaryl/α,β-unsaturated/α-hetero) is 2. The van der Waals surface area contributed by atoms with Gasteiger partial charge in [0.15, 0.2) is 14.1 Å². The third-order valence-corrected chi connectivity index (χ3v) is 20.9. The van der Waals surface area contributed by atoms with E-state index in [0.29, 0.717) is 28.5 Å². The molecule has 472 valence electrons. The summed E-state index contributed by atoms with van der Waals surface area (Å²) in [5.74, 6) is 1.47. The molecule has 9 aromatic rings. The number of nitrogens with zero attached hydrogens (tertiary/aromatic N) is 7. The number of rotatable bonds is 15. The van der Waals surface area contributed by atoms with Crippen LogP contribution in [0, 0.1) is 41.2 Å². The lowest BCUT2D eigenvalue weighted by Gasteiger charge is -2.36. The number of H-pyrrole nitrogens is 1. The zero-order chi connectivity index (χ0) is 66.2. The molecule has 0 atom stereocenters. The van der Waals surface area contributed by atoms with Crippen LogP contribution in [0.1, 0.15) is 99.1 Å². The number of nitrogen functional groups attached to an aromatic ring is 3. The number of benzene rings is 4. The van der Waals surface area contributed by atoms with E-state index in [4.69, 9.17) is 39.8 Å². The van der Waals surface area contributed by atoms with Crippen LogP contribution >= 0.6 is 43.5 Å². The third-order valence-electron chi connectivity index (χ3n) is 14.7. The zero-order valence-corrected chi connectivity index (χ0v) is 58.7. The Morgan fingerprint density at radius 1 is 0.730 bits per heavy atom. The minimum Gasteiger partial charge on any atom is -0.466 e. The second-order valence-electron chi connectivity index (χ2n) is 22.6. The fraction of sp³-hybridized carbons (Fsp3) is 0.333. The highest BCUT2D eigenvalue weighted by Gasteiger charge is 2.37. The van der Waals surface area contributed by atoms with E-state index in [-0.39, 0.29) is 28.5 Å². The van der Waals surface area contributed by atoms with Crippen molar-refractivity contribution in [3.8, 4) is 33.4 Å². The van der Waals surface area contributed by atoms with Crippen molar-refractivity contribution in [2.75, 3.05) is 42.1 Å². The van der Waals surface area contributed by atoms with E-state index in [2.05, 4.69) is 186 Å². The number of ketones is 2. The highest BCUT2D eigenvalue weighted by molar-refractivity contribution is 9.10.